The first-order valence-corrected chi connectivity index (χ1v) is 26.6. The predicted octanol–water partition coefficient (Wildman–Crippen LogP) is 7.52. The molecule has 0 aliphatic rings. The van der Waals surface area contributed by atoms with E-state index in [2.05, 4.69) is 75.0 Å². The van der Waals surface area contributed by atoms with Gasteiger partial charge in [-0.25, -0.2) is 18.9 Å². The lowest BCUT2D eigenvalue weighted by Crippen LogP contribution is -2.12. The van der Waals surface area contributed by atoms with Crippen LogP contribution in [0.25, 0.3) is 10.8 Å². The summed E-state index contributed by atoms with van der Waals surface area (Å²) < 4.78 is 142. The zero-order valence-corrected chi connectivity index (χ0v) is 41.4. The van der Waals surface area contributed by atoms with Gasteiger partial charge in [-0.2, -0.15) is 50.4 Å². The number of rotatable bonds is 22. The van der Waals surface area contributed by atoms with Gasteiger partial charge in [0.15, 0.2) is 27.9 Å². The summed E-state index contributed by atoms with van der Waals surface area (Å²) in [4.78, 5) is 8.78. The zero-order chi connectivity index (χ0) is 53.5. The van der Waals surface area contributed by atoms with Gasteiger partial charge in [0.05, 0.1) is 51.0 Å². The van der Waals surface area contributed by atoms with Gasteiger partial charge in [-0.1, -0.05) is 10.1 Å². The molecule has 39 heteroatoms. The summed E-state index contributed by atoms with van der Waals surface area (Å²) >= 11 is 6.49. The van der Waals surface area contributed by atoms with E-state index >= 15 is 0 Å². The third kappa shape index (κ3) is 14.0. The zero-order valence-electron chi connectivity index (χ0n) is 35.8. The Bertz CT molecular complexity index is 3680. The first-order chi connectivity index (χ1) is 34.3. The Balaban J connectivity index is 1.24. The van der Waals surface area contributed by atoms with Gasteiger partial charge in [-0.3, -0.25) is 17.8 Å². The normalized spacial score (nSPS) is 12.7. The Kier molecular flexibility index (Phi) is 17.7. The Labute approximate surface area is 423 Å². The molecular formula is C34H30ClN13O19S6. The number of phenolic OH excluding ortho intramolecular Hbond substituents is 1. The number of nitrogens with zero attached hydrogens (tertiary/aromatic N) is 9. The third-order valence-corrected chi connectivity index (χ3v) is 14.4. The average Bonchev–Trinajstić information content (AvgIpc) is 3.30. The number of azo groups is 3. The van der Waals surface area contributed by atoms with Gasteiger partial charge in [0.2, 0.25) is 17.2 Å². The minimum absolute atomic E-state index is 0.0323. The van der Waals surface area contributed by atoms with Crippen LogP contribution in [0, 0.1) is 0 Å². The summed E-state index contributed by atoms with van der Waals surface area (Å²) in [7, 11) is -18.2. The Morgan fingerprint density at radius 2 is 1.23 bits per heavy atom. The van der Waals surface area contributed by atoms with Crippen molar-refractivity contribution in [2.45, 2.75) is 24.5 Å². The molecule has 0 unspecified atom stereocenters. The van der Waals surface area contributed by atoms with Gasteiger partial charge in [-0.15, -0.1) is 29.1 Å². The molecule has 0 amide bonds. The quantitative estimate of drug-likeness (QED) is 0.00597. The van der Waals surface area contributed by atoms with Crippen molar-refractivity contribution in [3.8, 4) is 5.75 Å². The van der Waals surface area contributed by atoms with Crippen molar-refractivity contribution >= 4 is 150 Å². The number of aromatic nitrogens is 3. The molecule has 0 spiro atoms. The Morgan fingerprint density at radius 1 is 0.671 bits per heavy atom. The van der Waals surface area contributed by atoms with Crippen molar-refractivity contribution in [1.29, 1.82) is 0 Å². The maximum absolute atomic E-state index is 12.7. The van der Waals surface area contributed by atoms with E-state index in [1.54, 1.807) is 0 Å². The van der Waals surface area contributed by atoms with E-state index in [1.807, 2.05) is 0 Å². The van der Waals surface area contributed by atoms with Crippen LogP contribution in [0.1, 0.15) is 0 Å². The Hall–Kier alpha value is -6.44. The fourth-order valence-electron chi connectivity index (χ4n) is 5.96. The largest absolute Gasteiger partial charge is 0.505 e. The van der Waals surface area contributed by atoms with Crippen molar-refractivity contribution in [3.05, 3.63) is 72.0 Å². The molecule has 0 aliphatic carbocycles. The van der Waals surface area contributed by atoms with Gasteiger partial charge in [0, 0.05) is 18.4 Å². The number of nitrogens with two attached hydrogens (primary N) is 2. The van der Waals surface area contributed by atoms with E-state index in [1.165, 1.54) is 31.3 Å². The molecule has 0 saturated carbocycles. The van der Waals surface area contributed by atoms with Gasteiger partial charge in [0.25, 0.3) is 30.4 Å². The third-order valence-electron chi connectivity index (χ3n) is 8.97. The number of phenols is 1. The van der Waals surface area contributed by atoms with E-state index in [4.69, 9.17) is 37.8 Å². The average molecular weight is 1150 g/mol. The molecule has 73 heavy (non-hydrogen) atoms. The highest BCUT2D eigenvalue weighted by Crippen LogP contribution is 2.50. The summed E-state index contributed by atoms with van der Waals surface area (Å²) in [5.41, 5.74) is 9.78. The molecule has 12 N–H and O–H groups in total. The maximum Gasteiger partial charge on any atom is 0.296 e. The van der Waals surface area contributed by atoms with Crippen LogP contribution >= 0.6 is 36.0 Å². The van der Waals surface area contributed by atoms with Gasteiger partial charge in [0.1, 0.15) is 43.1 Å². The molecule has 0 radical (unpaired) electrons. The number of hydrogen-bond donors (Lipinski definition) is 10. The van der Waals surface area contributed by atoms with Crippen LogP contribution in [0.4, 0.5) is 63.1 Å². The molecule has 5 aromatic carbocycles. The predicted molar refractivity (Wildman–Crippen MR) is 254 cm³/mol. The molecular weight excluding hydrogens is 1120 g/mol. The van der Waals surface area contributed by atoms with Crippen LogP contribution in [0.3, 0.4) is 0 Å². The highest BCUT2D eigenvalue weighted by Gasteiger charge is 2.27. The molecule has 0 atom stereocenters. The number of sulfone groups is 1. The number of aromatic hydroxyl groups is 1. The number of nitrogen functional groups attached to an aromatic ring is 2. The van der Waals surface area contributed by atoms with E-state index in [0.717, 1.165) is 36.4 Å². The number of anilines is 6. The topological polar surface area (TPSA) is 493 Å². The second-order valence-electron chi connectivity index (χ2n) is 13.6. The lowest BCUT2D eigenvalue weighted by molar-refractivity contribution is -0.434. The maximum atomic E-state index is 12.7. The lowest BCUT2D eigenvalue weighted by Gasteiger charge is -2.14. The number of halogens is 1. The molecule has 6 aromatic rings. The second kappa shape index (κ2) is 23.2. The smallest absolute Gasteiger partial charge is 0.296 e. The number of hydrogen-bond acceptors (Lipinski definition) is 31. The first-order valence-electron chi connectivity index (χ1n) is 18.8. The molecule has 0 bridgehead atoms. The van der Waals surface area contributed by atoms with Crippen molar-refractivity contribution in [1.82, 2.24) is 15.0 Å². The van der Waals surface area contributed by atoms with Crippen LogP contribution < -0.4 is 22.1 Å². The van der Waals surface area contributed by atoms with Crippen LogP contribution in [0.2, 0.25) is 5.28 Å². The van der Waals surface area contributed by atoms with Crippen LogP contribution in [-0.4, -0.2) is 97.3 Å². The van der Waals surface area contributed by atoms with Crippen LogP contribution in [0.5, 0.6) is 5.75 Å². The summed E-state index contributed by atoms with van der Waals surface area (Å²) in [6.45, 7) is -0.480. The van der Waals surface area contributed by atoms with Crippen molar-refractivity contribution < 1.29 is 85.9 Å². The number of nitrogens with one attached hydrogen (secondary N) is 2. The first kappa shape index (κ1) is 55.9. The Morgan fingerprint density at radius 3 is 1.82 bits per heavy atom. The lowest BCUT2D eigenvalue weighted by atomic mass is 10.1. The molecule has 0 saturated heterocycles. The van der Waals surface area contributed by atoms with Gasteiger partial charge in [-0.05, 0) is 83.7 Å². The highest BCUT2D eigenvalue weighted by atomic mass is 35.5. The van der Waals surface area contributed by atoms with E-state index in [-0.39, 0.29) is 80.0 Å². The molecule has 6 rings (SSSR count). The second-order valence-corrected chi connectivity index (χ2v) is 21.5. The monoisotopic (exact) mass is 1150 g/mol. The van der Waals surface area contributed by atoms with E-state index in [9.17, 15) is 52.4 Å². The number of benzene rings is 5. The summed E-state index contributed by atoms with van der Waals surface area (Å²) in [6, 6.07) is 11.9. The summed E-state index contributed by atoms with van der Waals surface area (Å²) in [6.07, 6.45) is 0. The SMILES string of the molecule is CN=Nc1c(S(=O)(=O)O)cc2cc(SOOO)c(N=Nc3ccc(Nc4nc(Cl)nc(Nc5ccc(N=Nc6ccc(S(=O)(=O)CCOSOOO)cc6S(=O)(=O)O)c(N)c5)n4)cc3S(=O)(=O)O)c(O)c2c1N. The molecule has 0 aliphatic heterocycles. The fourth-order valence-corrected chi connectivity index (χ4v) is 10.1. The van der Waals surface area contributed by atoms with Crippen LogP contribution in [0.15, 0.2) is 122 Å². The minimum atomic E-state index is -5.12. The summed E-state index contributed by atoms with van der Waals surface area (Å²) in [5, 5.41) is 62.5. The number of fused-ring (bicyclic) bond motifs is 1. The van der Waals surface area contributed by atoms with Crippen molar-refractivity contribution in [2.75, 3.05) is 41.5 Å². The van der Waals surface area contributed by atoms with Gasteiger partial charge < -0.3 is 27.2 Å². The molecule has 388 valence electrons. The van der Waals surface area contributed by atoms with Crippen molar-refractivity contribution in [3.63, 3.8) is 0 Å². The van der Waals surface area contributed by atoms with Gasteiger partial charge >= 0.3 is 0 Å². The molecule has 32 nitrogen and oxygen atoms in total. The fraction of sp³-hybridized carbons (Fsp3) is 0.0882. The van der Waals surface area contributed by atoms with E-state index < -0.39 is 106 Å². The minimum Gasteiger partial charge on any atom is -0.505 e. The van der Waals surface area contributed by atoms with E-state index in [0.29, 0.717) is 6.07 Å². The van der Waals surface area contributed by atoms with Crippen LogP contribution in [-0.2, 0) is 63.1 Å². The summed E-state index contributed by atoms with van der Waals surface area (Å²) in [5.74, 6) is -1.99. The highest BCUT2D eigenvalue weighted by molar-refractivity contribution is 7.94. The molecule has 1 aromatic heterocycles. The standard InChI is InChI=1S/C34H30ClN13O19S6/c1-38-47-30-26(73(60,61)62)11-15-10-23(68-66-64-50)29(31(49)27(15)28(30)37)48-46-21-6-3-17(13-24(21)71(54,55)56)40-34-42-32(35)41-33(43-34)39-16-2-5-20(19(36)12-16)44-45-22-7-4-18(14-25(22)72(57,58)59)70(52,53)9-8-63-69-67-65-51/h2-7,10-14,49-51H,8-9,36-37H2,1H3,(H,54,55,56)(H,57,58,59)(H,60,61,62)(H2,39,40,41,42,43). The molecule has 0 fully saturated rings. The molecule has 1 heterocycles. The van der Waals surface area contributed by atoms with Crippen molar-refractivity contribution in [2.24, 2.45) is 30.7 Å².